The first-order valence-electron chi connectivity index (χ1n) is 9.31. The molecule has 0 saturated heterocycles. The minimum absolute atomic E-state index is 0.0399. The Labute approximate surface area is 163 Å². The molecule has 4 bridgehead atoms. The Bertz CT molecular complexity index is 698. The SMILES string of the molecule is O=C(CNC(=O)C12CC3CC(CC(C3)C1)C2)OCc1ccc(Cl)cc1Cl. The summed E-state index contributed by atoms with van der Waals surface area (Å²) in [6.45, 7) is -0.0200. The molecule has 0 radical (unpaired) electrons. The van der Waals surface area contributed by atoms with E-state index in [2.05, 4.69) is 5.32 Å². The van der Waals surface area contributed by atoms with Crippen LogP contribution in [-0.4, -0.2) is 18.4 Å². The zero-order chi connectivity index (χ0) is 18.3. The van der Waals surface area contributed by atoms with Crippen LogP contribution in [0.2, 0.25) is 10.0 Å². The Kier molecular flexibility index (Phi) is 4.91. The van der Waals surface area contributed by atoms with Gasteiger partial charge in [-0.2, -0.15) is 0 Å². The van der Waals surface area contributed by atoms with Gasteiger partial charge in [-0.1, -0.05) is 29.3 Å². The lowest BCUT2D eigenvalue weighted by molar-refractivity contribution is -0.151. The highest BCUT2D eigenvalue weighted by Crippen LogP contribution is 2.60. The highest BCUT2D eigenvalue weighted by molar-refractivity contribution is 6.35. The van der Waals surface area contributed by atoms with E-state index in [1.807, 2.05) is 0 Å². The number of nitrogens with one attached hydrogen (secondary N) is 1. The average molecular weight is 396 g/mol. The lowest BCUT2D eigenvalue weighted by Crippen LogP contribution is -2.54. The number of hydrogen-bond acceptors (Lipinski definition) is 3. The number of carbonyl (C=O) groups excluding carboxylic acids is 2. The zero-order valence-corrected chi connectivity index (χ0v) is 16.1. The van der Waals surface area contributed by atoms with Crippen LogP contribution in [-0.2, 0) is 20.9 Å². The van der Waals surface area contributed by atoms with E-state index in [0.717, 1.165) is 19.3 Å². The summed E-state index contributed by atoms with van der Waals surface area (Å²) >= 11 is 11.9. The van der Waals surface area contributed by atoms with E-state index < -0.39 is 5.97 Å². The van der Waals surface area contributed by atoms with Crippen LogP contribution < -0.4 is 5.32 Å². The number of halogens is 2. The molecule has 1 amide bonds. The number of esters is 1. The molecule has 4 nitrogen and oxygen atoms in total. The van der Waals surface area contributed by atoms with Crippen molar-refractivity contribution in [1.29, 1.82) is 0 Å². The van der Waals surface area contributed by atoms with E-state index in [4.69, 9.17) is 27.9 Å². The van der Waals surface area contributed by atoms with Crippen LogP contribution in [0.1, 0.15) is 44.1 Å². The molecule has 4 aliphatic rings. The molecule has 4 saturated carbocycles. The summed E-state index contributed by atoms with van der Waals surface area (Å²) < 4.78 is 5.24. The minimum Gasteiger partial charge on any atom is -0.459 e. The van der Waals surface area contributed by atoms with Crippen LogP contribution >= 0.6 is 23.2 Å². The van der Waals surface area contributed by atoms with E-state index in [9.17, 15) is 9.59 Å². The molecule has 0 aromatic heterocycles. The van der Waals surface area contributed by atoms with Gasteiger partial charge in [0.1, 0.15) is 13.2 Å². The first-order chi connectivity index (χ1) is 12.4. The van der Waals surface area contributed by atoms with Crippen molar-refractivity contribution < 1.29 is 14.3 Å². The second kappa shape index (κ2) is 7.05. The van der Waals surface area contributed by atoms with Gasteiger partial charge < -0.3 is 10.1 Å². The summed E-state index contributed by atoms with van der Waals surface area (Å²) in [5.41, 5.74) is 0.450. The first-order valence-corrected chi connectivity index (χ1v) is 10.1. The number of benzene rings is 1. The fraction of sp³-hybridized carbons (Fsp3) is 0.600. The standard InChI is InChI=1S/C20H23Cl2NO3/c21-16-2-1-15(17(22)6-16)11-26-18(24)10-23-19(25)20-7-12-3-13(8-20)5-14(4-12)9-20/h1-2,6,12-14H,3-5,7-11H2,(H,23,25). The third kappa shape index (κ3) is 3.59. The van der Waals surface area contributed by atoms with Crippen LogP contribution in [0.5, 0.6) is 0 Å². The number of hydrogen-bond donors (Lipinski definition) is 1. The quantitative estimate of drug-likeness (QED) is 0.752. The molecule has 0 unspecified atom stereocenters. The summed E-state index contributed by atoms with van der Waals surface area (Å²) in [5.74, 6) is 1.69. The van der Waals surface area contributed by atoms with Crippen molar-refractivity contribution in [1.82, 2.24) is 5.32 Å². The third-order valence-corrected chi connectivity index (χ3v) is 6.90. The van der Waals surface area contributed by atoms with Crippen molar-refractivity contribution >= 4 is 35.1 Å². The molecular formula is C20H23Cl2NO3. The highest BCUT2D eigenvalue weighted by Gasteiger charge is 2.54. The largest absolute Gasteiger partial charge is 0.459 e. The van der Waals surface area contributed by atoms with Gasteiger partial charge in [0, 0.05) is 21.0 Å². The highest BCUT2D eigenvalue weighted by atomic mass is 35.5. The number of ether oxygens (including phenoxy) is 1. The lowest BCUT2D eigenvalue weighted by atomic mass is 9.49. The second-order valence-corrected chi connectivity index (χ2v) is 9.12. The molecule has 6 heteroatoms. The van der Waals surface area contributed by atoms with E-state index in [-0.39, 0.29) is 24.5 Å². The molecule has 4 fully saturated rings. The third-order valence-electron chi connectivity index (χ3n) is 6.32. The fourth-order valence-electron chi connectivity index (χ4n) is 5.58. The molecule has 140 valence electrons. The van der Waals surface area contributed by atoms with Gasteiger partial charge in [-0.3, -0.25) is 9.59 Å². The van der Waals surface area contributed by atoms with Crippen LogP contribution in [0.15, 0.2) is 18.2 Å². The molecule has 26 heavy (non-hydrogen) atoms. The Morgan fingerprint density at radius 3 is 2.27 bits per heavy atom. The summed E-state index contributed by atoms with van der Waals surface area (Å²) in [6.07, 6.45) is 6.82. The second-order valence-electron chi connectivity index (χ2n) is 8.28. The molecule has 1 aromatic rings. The number of carbonyl (C=O) groups is 2. The predicted octanol–water partition coefficient (Wildman–Crippen LogP) is 4.37. The summed E-state index contributed by atoms with van der Waals surface area (Å²) in [5, 5.41) is 3.83. The van der Waals surface area contributed by atoms with Crippen molar-refractivity contribution in [3.05, 3.63) is 33.8 Å². The van der Waals surface area contributed by atoms with E-state index in [0.29, 0.717) is 33.4 Å². The van der Waals surface area contributed by atoms with E-state index in [1.54, 1.807) is 18.2 Å². The molecule has 0 spiro atoms. The molecule has 1 N–H and O–H groups in total. The number of rotatable bonds is 5. The van der Waals surface area contributed by atoms with Crippen molar-refractivity contribution in [2.24, 2.45) is 23.2 Å². The Morgan fingerprint density at radius 2 is 1.69 bits per heavy atom. The van der Waals surface area contributed by atoms with Gasteiger partial charge in [-0.25, -0.2) is 0 Å². The fourth-order valence-corrected chi connectivity index (χ4v) is 6.04. The molecular weight excluding hydrogens is 373 g/mol. The van der Waals surface area contributed by atoms with Gasteiger partial charge in [-0.05, 0) is 68.4 Å². The molecule has 0 atom stereocenters. The van der Waals surface area contributed by atoms with Gasteiger partial charge >= 0.3 is 5.97 Å². The Balaban J connectivity index is 1.28. The van der Waals surface area contributed by atoms with E-state index in [1.165, 1.54) is 19.3 Å². The maximum atomic E-state index is 12.8. The van der Waals surface area contributed by atoms with Crippen molar-refractivity contribution in [2.75, 3.05) is 6.54 Å². The minimum atomic E-state index is -0.450. The van der Waals surface area contributed by atoms with Crippen molar-refractivity contribution in [3.63, 3.8) is 0 Å². The molecule has 4 aliphatic carbocycles. The summed E-state index contributed by atoms with van der Waals surface area (Å²) in [6, 6.07) is 5.04. The van der Waals surface area contributed by atoms with Crippen molar-refractivity contribution in [3.8, 4) is 0 Å². The van der Waals surface area contributed by atoms with Crippen LogP contribution in [0.3, 0.4) is 0 Å². The normalized spacial score (nSPS) is 31.7. The molecule has 1 aromatic carbocycles. The first kappa shape index (κ1) is 18.1. The Morgan fingerprint density at radius 1 is 1.08 bits per heavy atom. The van der Waals surface area contributed by atoms with Crippen LogP contribution in [0, 0.1) is 23.2 Å². The average Bonchev–Trinajstić information content (AvgIpc) is 2.57. The zero-order valence-electron chi connectivity index (χ0n) is 14.6. The Hall–Kier alpha value is -1.26. The van der Waals surface area contributed by atoms with Gasteiger partial charge in [0.05, 0.1) is 0 Å². The molecule has 5 rings (SSSR count). The van der Waals surface area contributed by atoms with Crippen LogP contribution in [0.4, 0.5) is 0 Å². The smallest absolute Gasteiger partial charge is 0.325 e. The van der Waals surface area contributed by atoms with E-state index >= 15 is 0 Å². The monoisotopic (exact) mass is 395 g/mol. The maximum absolute atomic E-state index is 12.8. The van der Waals surface area contributed by atoms with Gasteiger partial charge in [-0.15, -0.1) is 0 Å². The maximum Gasteiger partial charge on any atom is 0.325 e. The summed E-state index contributed by atoms with van der Waals surface area (Å²) in [4.78, 5) is 24.8. The van der Waals surface area contributed by atoms with Crippen molar-refractivity contribution in [2.45, 2.75) is 45.1 Å². The van der Waals surface area contributed by atoms with Gasteiger partial charge in [0.15, 0.2) is 0 Å². The molecule has 0 heterocycles. The van der Waals surface area contributed by atoms with Crippen LogP contribution in [0.25, 0.3) is 0 Å². The lowest BCUT2D eigenvalue weighted by Gasteiger charge is -2.55. The number of amides is 1. The predicted molar refractivity (Wildman–Crippen MR) is 99.9 cm³/mol. The van der Waals surface area contributed by atoms with Gasteiger partial charge in [0.25, 0.3) is 0 Å². The van der Waals surface area contributed by atoms with Gasteiger partial charge in [0.2, 0.25) is 5.91 Å². The topological polar surface area (TPSA) is 55.4 Å². The molecule has 0 aliphatic heterocycles. The summed E-state index contributed by atoms with van der Waals surface area (Å²) in [7, 11) is 0.